The number of carbonyl (C=O) groups excluding carboxylic acids is 1. The smallest absolute Gasteiger partial charge is 0.226 e. The van der Waals surface area contributed by atoms with E-state index in [2.05, 4.69) is 94.6 Å². The Labute approximate surface area is 221 Å². The Hall–Kier alpha value is -3.37. The third kappa shape index (κ3) is 5.65. The van der Waals surface area contributed by atoms with Gasteiger partial charge in [0, 0.05) is 29.6 Å². The van der Waals surface area contributed by atoms with Crippen molar-refractivity contribution < 1.29 is 4.79 Å². The van der Waals surface area contributed by atoms with E-state index in [-0.39, 0.29) is 11.8 Å². The Morgan fingerprint density at radius 2 is 1.68 bits per heavy atom. The van der Waals surface area contributed by atoms with Crippen molar-refractivity contribution in [3.05, 3.63) is 90.0 Å². The topological polar surface area (TPSA) is 37.3 Å². The van der Waals surface area contributed by atoms with Crippen LogP contribution in [0.1, 0.15) is 50.2 Å². The van der Waals surface area contributed by atoms with E-state index in [1.807, 2.05) is 19.9 Å². The second kappa shape index (κ2) is 11.4. The number of anilines is 1. The lowest BCUT2D eigenvalue weighted by Gasteiger charge is -2.32. The number of benzene rings is 3. The minimum Gasteiger partial charge on any atom is -0.343 e. The molecule has 37 heavy (non-hydrogen) atoms. The Morgan fingerprint density at radius 1 is 0.946 bits per heavy atom. The summed E-state index contributed by atoms with van der Waals surface area (Å²) in [5.74, 6) is 0.632. The van der Waals surface area contributed by atoms with Gasteiger partial charge in [0.1, 0.15) is 0 Å². The molecule has 2 heterocycles. The number of hydrogen-bond donors (Lipinski definition) is 1. The largest absolute Gasteiger partial charge is 0.343 e. The van der Waals surface area contributed by atoms with Crippen LogP contribution in [0.4, 0.5) is 5.69 Å². The van der Waals surface area contributed by atoms with Crippen LogP contribution in [0.3, 0.4) is 0 Å². The summed E-state index contributed by atoms with van der Waals surface area (Å²) >= 11 is 0. The summed E-state index contributed by atoms with van der Waals surface area (Å²) in [6.07, 6.45) is 4.59. The molecule has 1 aliphatic rings. The summed E-state index contributed by atoms with van der Waals surface area (Å²) in [4.78, 5) is 14.7. The van der Waals surface area contributed by atoms with Gasteiger partial charge in [-0.05, 0) is 86.1 Å². The number of rotatable bonds is 8. The van der Waals surface area contributed by atoms with Crippen LogP contribution in [0.15, 0.2) is 78.9 Å². The Kier molecular flexibility index (Phi) is 7.76. The second-order valence-electron chi connectivity index (χ2n) is 10.8. The van der Waals surface area contributed by atoms with Crippen LogP contribution >= 0.6 is 0 Å². The zero-order valence-corrected chi connectivity index (χ0v) is 22.4. The van der Waals surface area contributed by atoms with Gasteiger partial charge in [0.15, 0.2) is 0 Å². The molecule has 0 spiro atoms. The van der Waals surface area contributed by atoms with E-state index < -0.39 is 0 Å². The molecule has 0 unspecified atom stereocenters. The van der Waals surface area contributed by atoms with Crippen molar-refractivity contribution in [3.8, 4) is 11.3 Å². The molecule has 0 saturated carbocycles. The highest BCUT2D eigenvalue weighted by Gasteiger charge is 2.22. The van der Waals surface area contributed by atoms with Gasteiger partial charge in [-0.2, -0.15) is 0 Å². The van der Waals surface area contributed by atoms with E-state index in [9.17, 15) is 4.79 Å². The highest BCUT2D eigenvalue weighted by atomic mass is 16.1. The summed E-state index contributed by atoms with van der Waals surface area (Å²) in [6.45, 7) is 7.26. The molecular formula is C33H39N3O. The number of para-hydroxylation sites is 1. The first kappa shape index (κ1) is 25.3. The van der Waals surface area contributed by atoms with Crippen LogP contribution in [0.2, 0.25) is 0 Å². The molecule has 1 fully saturated rings. The summed E-state index contributed by atoms with van der Waals surface area (Å²) in [6, 6.07) is 28.1. The number of aryl methyl sites for hydroxylation is 2. The molecule has 1 N–H and O–H groups in total. The summed E-state index contributed by atoms with van der Waals surface area (Å²) < 4.78 is 2.36. The highest BCUT2D eigenvalue weighted by molar-refractivity contribution is 5.92. The van der Waals surface area contributed by atoms with Crippen molar-refractivity contribution in [1.29, 1.82) is 0 Å². The molecule has 4 nitrogen and oxygen atoms in total. The van der Waals surface area contributed by atoms with Crippen LogP contribution in [0, 0.1) is 5.92 Å². The Balaban J connectivity index is 1.20. The van der Waals surface area contributed by atoms with Gasteiger partial charge in [-0.1, -0.05) is 74.5 Å². The lowest BCUT2D eigenvalue weighted by molar-refractivity contribution is -0.118. The molecule has 1 saturated heterocycles. The number of nitrogens with one attached hydrogen (secondary N) is 1. The first-order valence-corrected chi connectivity index (χ1v) is 13.8. The SMILES string of the molecule is CC(C)C(=O)Nc1cccc(C2CCN(CCCc3c(-c4ccccc4)n(C)c4ccccc34)CC2)c1. The van der Waals surface area contributed by atoms with Gasteiger partial charge in [0.05, 0.1) is 5.69 Å². The lowest BCUT2D eigenvalue weighted by atomic mass is 9.89. The molecule has 4 aromatic rings. The quantitative estimate of drug-likeness (QED) is 0.281. The number of piperidine rings is 1. The van der Waals surface area contributed by atoms with Crippen molar-refractivity contribution in [3.63, 3.8) is 0 Å². The van der Waals surface area contributed by atoms with Gasteiger partial charge >= 0.3 is 0 Å². The fourth-order valence-corrected chi connectivity index (χ4v) is 5.82. The Morgan fingerprint density at radius 3 is 2.43 bits per heavy atom. The molecule has 5 rings (SSSR count). The normalized spacial score (nSPS) is 14.9. The molecule has 0 bridgehead atoms. The van der Waals surface area contributed by atoms with Crippen LogP contribution in [0.5, 0.6) is 0 Å². The van der Waals surface area contributed by atoms with Crippen molar-refractivity contribution in [1.82, 2.24) is 9.47 Å². The third-order valence-electron chi connectivity index (χ3n) is 7.90. The molecule has 1 amide bonds. The van der Waals surface area contributed by atoms with Crippen LogP contribution < -0.4 is 5.32 Å². The maximum absolute atomic E-state index is 12.1. The van der Waals surface area contributed by atoms with Crippen LogP contribution in [0.25, 0.3) is 22.2 Å². The average molecular weight is 494 g/mol. The van der Waals surface area contributed by atoms with Crippen LogP contribution in [-0.4, -0.2) is 35.0 Å². The first-order valence-electron chi connectivity index (χ1n) is 13.8. The van der Waals surface area contributed by atoms with Gasteiger partial charge in [0.25, 0.3) is 0 Å². The van der Waals surface area contributed by atoms with Crippen molar-refractivity contribution in [2.75, 3.05) is 25.0 Å². The van der Waals surface area contributed by atoms with Gasteiger partial charge in [-0.15, -0.1) is 0 Å². The first-order chi connectivity index (χ1) is 18.0. The number of amides is 1. The molecular weight excluding hydrogens is 454 g/mol. The van der Waals surface area contributed by atoms with Crippen LogP contribution in [-0.2, 0) is 18.3 Å². The molecule has 1 aromatic heterocycles. The van der Waals surface area contributed by atoms with E-state index in [1.165, 1.54) is 46.1 Å². The molecule has 0 atom stereocenters. The zero-order valence-electron chi connectivity index (χ0n) is 22.4. The predicted molar refractivity (Wildman–Crippen MR) is 155 cm³/mol. The van der Waals surface area contributed by atoms with Crippen molar-refractivity contribution in [2.24, 2.45) is 13.0 Å². The monoisotopic (exact) mass is 493 g/mol. The van der Waals surface area contributed by atoms with E-state index in [1.54, 1.807) is 0 Å². The Bertz CT molecular complexity index is 1350. The molecule has 4 heteroatoms. The predicted octanol–water partition coefficient (Wildman–Crippen LogP) is 7.25. The molecule has 0 aliphatic carbocycles. The lowest BCUT2D eigenvalue weighted by Crippen LogP contribution is -2.33. The maximum Gasteiger partial charge on any atom is 0.226 e. The van der Waals surface area contributed by atoms with Crippen molar-refractivity contribution in [2.45, 2.75) is 45.4 Å². The van der Waals surface area contributed by atoms with E-state index >= 15 is 0 Å². The standard InChI is InChI=1S/C33H39N3O/c1-24(2)33(37)34-28-14-9-13-27(23-28)25-18-21-36(22-19-25)20-10-16-30-29-15-7-8-17-31(29)35(3)32(30)26-11-5-4-6-12-26/h4-9,11-15,17,23-25H,10,16,18-22H2,1-3H3,(H,34,37). The number of carbonyl (C=O) groups is 1. The number of likely N-dealkylation sites (tertiary alicyclic amines) is 1. The van der Waals surface area contributed by atoms with Gasteiger partial charge < -0.3 is 14.8 Å². The minimum atomic E-state index is -0.00968. The number of fused-ring (bicyclic) bond motifs is 1. The minimum absolute atomic E-state index is 0.00968. The van der Waals surface area contributed by atoms with E-state index in [0.29, 0.717) is 5.92 Å². The zero-order chi connectivity index (χ0) is 25.8. The number of aromatic nitrogens is 1. The summed E-state index contributed by atoms with van der Waals surface area (Å²) in [5, 5.41) is 4.43. The fraction of sp³-hybridized carbons (Fsp3) is 0.364. The van der Waals surface area contributed by atoms with E-state index in [0.717, 1.165) is 38.2 Å². The van der Waals surface area contributed by atoms with Crippen molar-refractivity contribution >= 4 is 22.5 Å². The molecule has 192 valence electrons. The maximum atomic E-state index is 12.1. The second-order valence-corrected chi connectivity index (χ2v) is 10.8. The number of hydrogen-bond acceptors (Lipinski definition) is 2. The van der Waals surface area contributed by atoms with Gasteiger partial charge in [0.2, 0.25) is 5.91 Å². The van der Waals surface area contributed by atoms with Gasteiger partial charge in [-0.25, -0.2) is 0 Å². The molecule has 0 radical (unpaired) electrons. The number of nitrogens with zero attached hydrogens (tertiary/aromatic N) is 2. The third-order valence-corrected chi connectivity index (χ3v) is 7.90. The molecule has 3 aromatic carbocycles. The van der Waals surface area contributed by atoms with Gasteiger partial charge in [-0.3, -0.25) is 4.79 Å². The highest BCUT2D eigenvalue weighted by Crippen LogP contribution is 2.34. The summed E-state index contributed by atoms with van der Waals surface area (Å²) in [5.41, 5.74) is 7.70. The summed E-state index contributed by atoms with van der Waals surface area (Å²) in [7, 11) is 2.20. The molecule has 1 aliphatic heterocycles. The fourth-order valence-electron chi connectivity index (χ4n) is 5.82. The van der Waals surface area contributed by atoms with E-state index in [4.69, 9.17) is 0 Å². The average Bonchev–Trinajstić information content (AvgIpc) is 3.21.